The SMILES string of the molecule is C[C@H]1CN(c2nc(-c3ccc(F)cc3F)c3sc(N(C)C)nc3n2)C[C@@H](c2cnn(C3CC3)c2)O1. The lowest BCUT2D eigenvalue weighted by atomic mass is 10.1. The topological polar surface area (TPSA) is 72.2 Å². The fraction of sp³-hybridized carbons (Fsp3) is 0.417. The van der Waals surface area contributed by atoms with E-state index in [-0.39, 0.29) is 17.8 Å². The van der Waals surface area contributed by atoms with E-state index in [0.29, 0.717) is 41.1 Å². The molecule has 0 spiro atoms. The lowest BCUT2D eigenvalue weighted by Crippen LogP contribution is -2.43. The summed E-state index contributed by atoms with van der Waals surface area (Å²) in [5.41, 5.74) is 2.13. The summed E-state index contributed by atoms with van der Waals surface area (Å²) in [6, 6.07) is 4.03. The fourth-order valence-corrected chi connectivity index (χ4v) is 5.29. The number of aromatic nitrogens is 5. The first-order valence-electron chi connectivity index (χ1n) is 11.6. The van der Waals surface area contributed by atoms with Crippen molar-refractivity contribution in [3.63, 3.8) is 0 Å². The Morgan fingerprint density at radius 3 is 2.69 bits per heavy atom. The number of hydrogen-bond acceptors (Lipinski definition) is 8. The molecular weight excluding hydrogens is 472 g/mol. The van der Waals surface area contributed by atoms with Crippen LogP contribution < -0.4 is 9.80 Å². The first kappa shape index (κ1) is 22.3. The summed E-state index contributed by atoms with van der Waals surface area (Å²) < 4.78 is 37.4. The van der Waals surface area contributed by atoms with Crippen molar-refractivity contribution in [2.75, 3.05) is 37.0 Å². The molecule has 11 heteroatoms. The Labute approximate surface area is 205 Å². The number of thiazole rings is 1. The average Bonchev–Trinajstić information content (AvgIpc) is 3.38. The minimum atomic E-state index is -0.670. The quantitative estimate of drug-likeness (QED) is 0.399. The van der Waals surface area contributed by atoms with Crippen LogP contribution in [0.1, 0.15) is 37.5 Å². The highest BCUT2D eigenvalue weighted by molar-refractivity contribution is 7.22. The van der Waals surface area contributed by atoms with Crippen molar-refractivity contribution in [3.8, 4) is 11.3 Å². The zero-order valence-electron chi connectivity index (χ0n) is 19.7. The normalized spacial score (nSPS) is 20.5. The van der Waals surface area contributed by atoms with Gasteiger partial charge in [-0.25, -0.2) is 13.8 Å². The number of nitrogens with zero attached hydrogens (tertiary/aromatic N) is 7. The van der Waals surface area contributed by atoms with Crippen LogP contribution in [0.25, 0.3) is 21.6 Å². The van der Waals surface area contributed by atoms with Crippen LogP contribution in [0.2, 0.25) is 0 Å². The Morgan fingerprint density at radius 2 is 1.94 bits per heavy atom. The standard InChI is InChI=1S/C24H25F2N7OS/c1-13-10-32(12-19(34-13)14-9-27-33(11-14)16-5-6-16)23-28-20(17-7-4-15(25)8-18(17)26)21-22(29-23)30-24(35-21)31(2)3/h4,7-9,11,13,16,19H,5-6,10,12H2,1-3H3/t13-,19-/m0/s1. The minimum Gasteiger partial charge on any atom is -0.367 e. The number of fused-ring (bicyclic) bond motifs is 1. The van der Waals surface area contributed by atoms with Gasteiger partial charge >= 0.3 is 0 Å². The van der Waals surface area contributed by atoms with Crippen LogP contribution in [0.4, 0.5) is 19.9 Å². The van der Waals surface area contributed by atoms with Crippen molar-refractivity contribution < 1.29 is 13.5 Å². The van der Waals surface area contributed by atoms with Crippen LogP contribution >= 0.6 is 11.3 Å². The third-order valence-corrected chi connectivity index (χ3v) is 7.48. The lowest BCUT2D eigenvalue weighted by Gasteiger charge is -2.36. The summed E-state index contributed by atoms with van der Waals surface area (Å²) in [6.07, 6.45) is 5.99. The van der Waals surface area contributed by atoms with Gasteiger partial charge in [0.25, 0.3) is 0 Å². The Bertz CT molecular complexity index is 1400. The number of ether oxygens (including phenoxy) is 1. The zero-order chi connectivity index (χ0) is 24.3. The van der Waals surface area contributed by atoms with E-state index in [0.717, 1.165) is 29.6 Å². The van der Waals surface area contributed by atoms with Gasteiger partial charge in [-0.1, -0.05) is 11.3 Å². The summed E-state index contributed by atoms with van der Waals surface area (Å²) in [7, 11) is 3.78. The molecule has 2 fully saturated rings. The van der Waals surface area contributed by atoms with E-state index >= 15 is 0 Å². The monoisotopic (exact) mass is 497 g/mol. The Kier molecular flexibility index (Phi) is 5.41. The molecule has 0 radical (unpaired) electrons. The minimum absolute atomic E-state index is 0.0731. The zero-order valence-corrected chi connectivity index (χ0v) is 20.5. The smallest absolute Gasteiger partial charge is 0.228 e. The maximum absolute atomic E-state index is 14.9. The number of halogens is 2. The largest absolute Gasteiger partial charge is 0.367 e. The van der Waals surface area contributed by atoms with E-state index in [1.54, 1.807) is 0 Å². The van der Waals surface area contributed by atoms with Gasteiger partial charge < -0.3 is 14.5 Å². The summed E-state index contributed by atoms with van der Waals surface area (Å²) >= 11 is 1.38. The van der Waals surface area contributed by atoms with Gasteiger partial charge in [0.05, 0.1) is 30.6 Å². The first-order valence-corrected chi connectivity index (χ1v) is 12.4. The number of benzene rings is 1. The van der Waals surface area contributed by atoms with Crippen molar-refractivity contribution in [2.45, 2.75) is 38.0 Å². The predicted octanol–water partition coefficient (Wildman–Crippen LogP) is 4.60. The Morgan fingerprint density at radius 1 is 1.11 bits per heavy atom. The maximum Gasteiger partial charge on any atom is 0.228 e. The highest BCUT2D eigenvalue weighted by atomic mass is 32.1. The van der Waals surface area contributed by atoms with Crippen molar-refractivity contribution in [3.05, 3.63) is 47.8 Å². The third-order valence-electron chi connectivity index (χ3n) is 6.26. The van der Waals surface area contributed by atoms with E-state index in [9.17, 15) is 8.78 Å². The molecular formula is C24H25F2N7OS. The number of anilines is 2. The summed E-state index contributed by atoms with van der Waals surface area (Å²) in [6.45, 7) is 3.12. The van der Waals surface area contributed by atoms with Crippen LogP contribution in [-0.4, -0.2) is 58.0 Å². The Hall–Kier alpha value is -3.18. The molecule has 1 aliphatic carbocycles. The van der Waals surface area contributed by atoms with Gasteiger partial charge in [0.2, 0.25) is 5.95 Å². The van der Waals surface area contributed by atoms with Crippen molar-refractivity contribution in [2.24, 2.45) is 0 Å². The summed E-state index contributed by atoms with van der Waals surface area (Å²) in [4.78, 5) is 18.1. The van der Waals surface area contributed by atoms with Crippen LogP contribution in [0.5, 0.6) is 0 Å². The molecule has 1 aromatic carbocycles. The number of rotatable bonds is 5. The van der Waals surface area contributed by atoms with E-state index in [1.165, 1.54) is 23.5 Å². The predicted molar refractivity (Wildman–Crippen MR) is 131 cm³/mol. The van der Waals surface area contributed by atoms with Crippen molar-refractivity contribution in [1.82, 2.24) is 24.7 Å². The molecule has 4 aromatic rings. The van der Waals surface area contributed by atoms with Crippen LogP contribution in [0, 0.1) is 11.6 Å². The molecule has 0 unspecified atom stereocenters. The van der Waals surface area contributed by atoms with E-state index < -0.39 is 11.6 Å². The van der Waals surface area contributed by atoms with Gasteiger partial charge in [0.15, 0.2) is 10.8 Å². The maximum atomic E-state index is 14.9. The second-order valence-electron chi connectivity index (χ2n) is 9.37. The molecule has 1 saturated carbocycles. The number of morpholine rings is 1. The van der Waals surface area contributed by atoms with Gasteiger partial charge in [0, 0.05) is 44.0 Å². The highest BCUT2D eigenvalue weighted by Gasteiger charge is 2.32. The molecule has 182 valence electrons. The van der Waals surface area contributed by atoms with Crippen molar-refractivity contribution >= 4 is 32.8 Å². The molecule has 8 nitrogen and oxygen atoms in total. The molecule has 0 amide bonds. The lowest BCUT2D eigenvalue weighted by molar-refractivity contribution is -0.0178. The summed E-state index contributed by atoms with van der Waals surface area (Å²) in [5, 5.41) is 5.24. The molecule has 6 rings (SSSR count). The van der Waals surface area contributed by atoms with E-state index in [1.807, 2.05) is 41.7 Å². The van der Waals surface area contributed by atoms with E-state index in [2.05, 4.69) is 16.3 Å². The summed E-state index contributed by atoms with van der Waals surface area (Å²) in [5.74, 6) is -0.857. The molecule has 1 saturated heterocycles. The van der Waals surface area contributed by atoms with E-state index in [4.69, 9.17) is 14.7 Å². The molecule has 3 aromatic heterocycles. The molecule has 2 aliphatic rings. The van der Waals surface area contributed by atoms with Crippen LogP contribution in [0.15, 0.2) is 30.6 Å². The van der Waals surface area contributed by atoms with Gasteiger partial charge in [-0.2, -0.15) is 15.1 Å². The third kappa shape index (κ3) is 4.23. The van der Waals surface area contributed by atoms with Crippen molar-refractivity contribution in [1.29, 1.82) is 0 Å². The average molecular weight is 498 g/mol. The first-order chi connectivity index (χ1) is 16.9. The second-order valence-corrected chi connectivity index (χ2v) is 10.3. The highest BCUT2D eigenvalue weighted by Crippen LogP contribution is 2.38. The molecule has 4 heterocycles. The number of hydrogen-bond donors (Lipinski definition) is 0. The Balaban J connectivity index is 1.41. The van der Waals surface area contributed by atoms with Gasteiger partial charge in [-0.05, 0) is 31.9 Å². The molecule has 2 atom stereocenters. The fourth-order valence-electron chi connectivity index (χ4n) is 4.35. The molecule has 1 aliphatic heterocycles. The second kappa shape index (κ2) is 8.49. The molecule has 0 bridgehead atoms. The van der Waals surface area contributed by atoms with Gasteiger partial charge in [0.1, 0.15) is 22.4 Å². The van der Waals surface area contributed by atoms with Gasteiger partial charge in [-0.15, -0.1) is 0 Å². The van der Waals surface area contributed by atoms with Gasteiger partial charge in [-0.3, -0.25) is 4.68 Å². The molecule has 0 N–H and O–H groups in total. The van der Waals surface area contributed by atoms with Crippen LogP contribution in [-0.2, 0) is 4.74 Å². The molecule has 35 heavy (non-hydrogen) atoms. The van der Waals surface area contributed by atoms with Crippen LogP contribution in [0.3, 0.4) is 0 Å².